The first-order valence-electron chi connectivity index (χ1n) is 6.42. The number of benzene rings is 1. The highest BCUT2D eigenvalue weighted by Gasteiger charge is 2.31. The summed E-state index contributed by atoms with van der Waals surface area (Å²) in [5.74, 6) is -0.735. The van der Waals surface area contributed by atoms with Crippen molar-refractivity contribution in [2.45, 2.75) is 51.5 Å². The number of hydrogen-bond acceptors (Lipinski definition) is 3. The van der Waals surface area contributed by atoms with Crippen LogP contribution in [0, 0.1) is 11.2 Å². The second-order valence-electron chi connectivity index (χ2n) is 6.88. The zero-order chi connectivity index (χ0) is 15.8. The molecule has 0 fully saturated rings. The molecular formula is C14H23FN2O2S. The second-order valence-corrected chi connectivity index (χ2v) is 8.53. The molecule has 3 N–H and O–H groups in total. The van der Waals surface area contributed by atoms with Crippen molar-refractivity contribution in [1.29, 1.82) is 0 Å². The van der Waals surface area contributed by atoms with E-state index < -0.39 is 21.4 Å². The van der Waals surface area contributed by atoms with Crippen LogP contribution >= 0.6 is 0 Å². The van der Waals surface area contributed by atoms with E-state index in [-0.39, 0.29) is 16.0 Å². The molecule has 0 amide bonds. The molecule has 0 aromatic heterocycles. The Morgan fingerprint density at radius 3 is 2.25 bits per heavy atom. The Hall–Kier alpha value is -1.14. The van der Waals surface area contributed by atoms with Crippen molar-refractivity contribution in [3.63, 3.8) is 0 Å². The Kier molecular flexibility index (Phi) is 4.51. The Labute approximate surface area is 120 Å². The first-order valence-corrected chi connectivity index (χ1v) is 7.90. The maximum Gasteiger partial charge on any atom is 0.243 e. The van der Waals surface area contributed by atoms with Crippen molar-refractivity contribution in [3.8, 4) is 0 Å². The molecule has 0 spiro atoms. The molecule has 0 aliphatic heterocycles. The minimum atomic E-state index is -3.86. The van der Waals surface area contributed by atoms with E-state index in [1.165, 1.54) is 12.1 Å². The van der Waals surface area contributed by atoms with Crippen molar-refractivity contribution < 1.29 is 12.8 Å². The van der Waals surface area contributed by atoms with Gasteiger partial charge in [0.15, 0.2) is 0 Å². The first kappa shape index (κ1) is 16.9. The quantitative estimate of drug-likeness (QED) is 0.840. The molecule has 0 heterocycles. The Morgan fingerprint density at radius 1 is 1.20 bits per heavy atom. The SMILES string of the molecule is CC(C)(C)CC(C)(C)NS(=O)(=O)c1cccc(F)c1N. The number of nitrogens with one attached hydrogen (secondary N) is 1. The van der Waals surface area contributed by atoms with Gasteiger partial charge in [-0.3, -0.25) is 0 Å². The summed E-state index contributed by atoms with van der Waals surface area (Å²) in [4.78, 5) is -0.223. The molecule has 0 aliphatic carbocycles. The molecule has 1 aromatic carbocycles. The molecule has 0 aliphatic rings. The van der Waals surface area contributed by atoms with Gasteiger partial charge in [0.2, 0.25) is 10.0 Å². The summed E-state index contributed by atoms with van der Waals surface area (Å²) in [6.07, 6.45) is 0.633. The molecule has 0 unspecified atom stereocenters. The van der Waals surface area contributed by atoms with Gasteiger partial charge in [-0.05, 0) is 37.8 Å². The van der Waals surface area contributed by atoms with Crippen LogP contribution in [0.3, 0.4) is 0 Å². The van der Waals surface area contributed by atoms with E-state index in [0.717, 1.165) is 6.07 Å². The lowest BCUT2D eigenvalue weighted by Gasteiger charge is -2.33. The van der Waals surface area contributed by atoms with E-state index in [2.05, 4.69) is 4.72 Å². The highest BCUT2D eigenvalue weighted by Crippen LogP contribution is 2.29. The average molecular weight is 302 g/mol. The monoisotopic (exact) mass is 302 g/mol. The van der Waals surface area contributed by atoms with Gasteiger partial charge in [-0.15, -0.1) is 0 Å². The predicted octanol–water partition coefficient (Wildman–Crippen LogP) is 2.90. The zero-order valence-corrected chi connectivity index (χ0v) is 13.4. The molecule has 6 heteroatoms. The molecule has 4 nitrogen and oxygen atoms in total. The van der Waals surface area contributed by atoms with Gasteiger partial charge in [-0.2, -0.15) is 0 Å². The number of hydrogen-bond donors (Lipinski definition) is 2. The number of para-hydroxylation sites is 1. The Morgan fingerprint density at radius 2 is 1.75 bits per heavy atom. The summed E-state index contributed by atoms with van der Waals surface area (Å²) in [5.41, 5.74) is 4.47. The highest BCUT2D eigenvalue weighted by atomic mass is 32.2. The lowest BCUT2D eigenvalue weighted by atomic mass is 9.82. The normalized spacial score (nSPS) is 13.5. The fraction of sp³-hybridized carbons (Fsp3) is 0.571. The maximum absolute atomic E-state index is 13.4. The summed E-state index contributed by atoms with van der Waals surface area (Å²) in [5, 5.41) is 0. The van der Waals surface area contributed by atoms with Crippen molar-refractivity contribution in [1.82, 2.24) is 4.72 Å². The van der Waals surface area contributed by atoms with E-state index in [0.29, 0.717) is 6.42 Å². The van der Waals surface area contributed by atoms with Crippen molar-refractivity contribution in [3.05, 3.63) is 24.0 Å². The van der Waals surface area contributed by atoms with Gasteiger partial charge >= 0.3 is 0 Å². The maximum atomic E-state index is 13.4. The molecular weight excluding hydrogens is 279 g/mol. The minimum Gasteiger partial charge on any atom is -0.395 e. The number of sulfonamides is 1. The summed E-state index contributed by atoms with van der Waals surface area (Å²) < 4.78 is 40.7. The van der Waals surface area contributed by atoms with Gasteiger partial charge in [0.25, 0.3) is 0 Å². The van der Waals surface area contributed by atoms with Crippen LogP contribution in [-0.4, -0.2) is 14.0 Å². The molecule has 114 valence electrons. The summed E-state index contributed by atoms with van der Waals surface area (Å²) in [7, 11) is -3.86. The predicted molar refractivity (Wildman–Crippen MR) is 79.3 cm³/mol. The number of anilines is 1. The minimum absolute atomic E-state index is 0.0422. The van der Waals surface area contributed by atoms with Crippen LogP contribution in [0.4, 0.5) is 10.1 Å². The zero-order valence-electron chi connectivity index (χ0n) is 12.6. The van der Waals surface area contributed by atoms with Crippen molar-refractivity contribution in [2.24, 2.45) is 5.41 Å². The standard InChI is InChI=1S/C14H23FN2O2S/c1-13(2,3)9-14(4,5)17-20(18,19)11-8-6-7-10(15)12(11)16/h6-8,17H,9,16H2,1-5H3. The third-order valence-corrected chi connectivity index (χ3v) is 4.44. The lowest BCUT2D eigenvalue weighted by Crippen LogP contribution is -2.45. The molecule has 0 atom stereocenters. The van der Waals surface area contributed by atoms with E-state index in [4.69, 9.17) is 5.73 Å². The van der Waals surface area contributed by atoms with Crippen LogP contribution < -0.4 is 10.5 Å². The summed E-state index contributed by atoms with van der Waals surface area (Å²) >= 11 is 0. The van der Waals surface area contributed by atoms with E-state index >= 15 is 0 Å². The second kappa shape index (κ2) is 5.33. The molecule has 0 saturated carbocycles. The van der Waals surface area contributed by atoms with Gasteiger partial charge in [0.05, 0.1) is 5.69 Å². The van der Waals surface area contributed by atoms with Crippen LogP contribution in [0.1, 0.15) is 41.0 Å². The number of halogens is 1. The molecule has 0 bridgehead atoms. The molecule has 0 radical (unpaired) electrons. The summed E-state index contributed by atoms with van der Waals surface area (Å²) in [6, 6.07) is 3.76. The van der Waals surface area contributed by atoms with Gasteiger partial charge < -0.3 is 5.73 Å². The highest BCUT2D eigenvalue weighted by molar-refractivity contribution is 7.89. The van der Waals surface area contributed by atoms with Crippen molar-refractivity contribution in [2.75, 3.05) is 5.73 Å². The fourth-order valence-electron chi connectivity index (χ4n) is 2.53. The Bertz CT molecular complexity index is 590. The average Bonchev–Trinajstić information content (AvgIpc) is 2.15. The van der Waals surface area contributed by atoms with Gasteiger partial charge in [0.1, 0.15) is 10.7 Å². The Balaban J connectivity index is 3.10. The molecule has 20 heavy (non-hydrogen) atoms. The summed E-state index contributed by atoms with van der Waals surface area (Å²) in [6.45, 7) is 9.68. The number of rotatable bonds is 4. The van der Waals surface area contributed by atoms with Crippen LogP contribution in [0.15, 0.2) is 23.1 Å². The van der Waals surface area contributed by atoms with Gasteiger partial charge in [-0.25, -0.2) is 17.5 Å². The first-order chi connectivity index (χ1) is 8.84. The topological polar surface area (TPSA) is 72.2 Å². The number of nitrogen functional groups attached to an aromatic ring is 1. The number of nitrogens with two attached hydrogens (primary N) is 1. The van der Waals surface area contributed by atoms with Crippen molar-refractivity contribution >= 4 is 15.7 Å². The fourth-order valence-corrected chi connectivity index (χ4v) is 4.09. The van der Waals surface area contributed by atoms with Crippen LogP contribution in [0.2, 0.25) is 0 Å². The van der Waals surface area contributed by atoms with Crippen LogP contribution in [0.25, 0.3) is 0 Å². The molecule has 0 saturated heterocycles. The molecule has 1 rings (SSSR count). The third kappa shape index (κ3) is 4.45. The van der Waals surface area contributed by atoms with Crippen LogP contribution in [0.5, 0.6) is 0 Å². The smallest absolute Gasteiger partial charge is 0.243 e. The van der Waals surface area contributed by atoms with E-state index in [1.54, 1.807) is 13.8 Å². The van der Waals surface area contributed by atoms with Crippen LogP contribution in [-0.2, 0) is 10.0 Å². The third-order valence-electron chi connectivity index (χ3n) is 2.69. The van der Waals surface area contributed by atoms with E-state index in [1.807, 2.05) is 20.8 Å². The largest absolute Gasteiger partial charge is 0.395 e. The van der Waals surface area contributed by atoms with E-state index in [9.17, 15) is 12.8 Å². The van der Waals surface area contributed by atoms with Gasteiger partial charge in [0, 0.05) is 5.54 Å². The molecule has 1 aromatic rings. The van der Waals surface area contributed by atoms with Gasteiger partial charge in [-0.1, -0.05) is 26.8 Å². The lowest BCUT2D eigenvalue weighted by molar-refractivity contribution is 0.269.